The molecule has 1 aliphatic carbocycles. The fourth-order valence-corrected chi connectivity index (χ4v) is 3.69. The highest BCUT2D eigenvalue weighted by atomic mass is 16.4. The third kappa shape index (κ3) is 2.40. The number of rotatable bonds is 3. The molecular weight excluding hydrogens is 268 g/mol. The van der Waals surface area contributed by atoms with Crippen molar-refractivity contribution in [2.24, 2.45) is 16.2 Å². The Kier molecular flexibility index (Phi) is 3.75. The van der Waals surface area contributed by atoms with Crippen molar-refractivity contribution in [3.63, 3.8) is 0 Å². The van der Waals surface area contributed by atoms with E-state index in [1.165, 1.54) is 0 Å². The first-order valence-corrected chi connectivity index (χ1v) is 7.87. The van der Waals surface area contributed by atoms with E-state index in [9.17, 15) is 14.7 Å². The molecule has 5 heteroatoms. The van der Waals surface area contributed by atoms with E-state index >= 15 is 0 Å². The number of piperidine rings is 1. The van der Waals surface area contributed by atoms with Crippen LogP contribution in [0.2, 0.25) is 0 Å². The summed E-state index contributed by atoms with van der Waals surface area (Å²) in [6, 6.07) is 0.0395. The number of carboxylic acid groups (broad SMARTS) is 1. The highest BCUT2D eigenvalue weighted by Gasteiger charge is 2.65. The number of aliphatic carboxylic acids is 1. The van der Waals surface area contributed by atoms with E-state index in [-0.39, 0.29) is 22.9 Å². The van der Waals surface area contributed by atoms with Gasteiger partial charge in [0.25, 0.3) is 0 Å². The molecule has 1 unspecified atom stereocenters. The molecule has 0 aromatic carbocycles. The lowest BCUT2D eigenvalue weighted by Gasteiger charge is -2.39. The molecule has 0 aromatic heterocycles. The minimum Gasteiger partial charge on any atom is -0.481 e. The summed E-state index contributed by atoms with van der Waals surface area (Å²) in [7, 11) is 0. The van der Waals surface area contributed by atoms with E-state index in [0.29, 0.717) is 25.9 Å². The summed E-state index contributed by atoms with van der Waals surface area (Å²) in [6.07, 6.45) is 1.97. The van der Waals surface area contributed by atoms with Crippen LogP contribution < -0.4 is 5.32 Å². The van der Waals surface area contributed by atoms with Crippen LogP contribution in [-0.4, -0.2) is 41.1 Å². The van der Waals surface area contributed by atoms with Gasteiger partial charge in [-0.05, 0) is 30.1 Å². The van der Waals surface area contributed by atoms with Gasteiger partial charge in [-0.3, -0.25) is 4.79 Å². The van der Waals surface area contributed by atoms with Crippen molar-refractivity contribution in [1.82, 2.24) is 10.2 Å². The van der Waals surface area contributed by atoms with Gasteiger partial charge < -0.3 is 15.3 Å². The molecule has 2 amide bonds. The number of hydrogen-bond donors (Lipinski definition) is 2. The summed E-state index contributed by atoms with van der Waals surface area (Å²) >= 11 is 0. The first-order valence-electron chi connectivity index (χ1n) is 7.87. The van der Waals surface area contributed by atoms with Gasteiger partial charge in [-0.1, -0.05) is 34.6 Å². The standard InChI is InChI=1S/C16H28N2O3/c1-6-16(12(19)20)8-7-9-18(10-16)13(21)17-11-14(2,3)15(11,4)5/h11H,6-10H2,1-5H3,(H,17,21)(H,19,20). The van der Waals surface area contributed by atoms with Crippen LogP contribution in [-0.2, 0) is 4.79 Å². The maximum atomic E-state index is 12.5. The second kappa shape index (κ2) is 4.89. The number of carboxylic acids is 1. The summed E-state index contributed by atoms with van der Waals surface area (Å²) in [4.78, 5) is 25.7. The van der Waals surface area contributed by atoms with Gasteiger partial charge in [-0.2, -0.15) is 0 Å². The highest BCUT2D eigenvalue weighted by molar-refractivity contribution is 5.79. The lowest BCUT2D eigenvalue weighted by atomic mass is 9.78. The molecule has 21 heavy (non-hydrogen) atoms. The molecule has 120 valence electrons. The summed E-state index contributed by atoms with van der Waals surface area (Å²) < 4.78 is 0. The van der Waals surface area contributed by atoms with Crippen LogP contribution >= 0.6 is 0 Å². The first-order chi connectivity index (χ1) is 9.58. The van der Waals surface area contributed by atoms with Crippen molar-refractivity contribution in [3.05, 3.63) is 0 Å². The van der Waals surface area contributed by atoms with E-state index < -0.39 is 11.4 Å². The molecule has 2 N–H and O–H groups in total. The third-order valence-electron chi connectivity index (χ3n) is 6.28. The van der Waals surface area contributed by atoms with Crippen LogP contribution in [0.25, 0.3) is 0 Å². The fraction of sp³-hybridized carbons (Fsp3) is 0.875. The molecule has 2 aliphatic rings. The zero-order valence-corrected chi connectivity index (χ0v) is 13.8. The normalized spacial score (nSPS) is 30.8. The van der Waals surface area contributed by atoms with Crippen LogP contribution in [0.3, 0.4) is 0 Å². The van der Waals surface area contributed by atoms with Crippen molar-refractivity contribution < 1.29 is 14.7 Å². The molecule has 2 rings (SSSR count). The number of amides is 2. The smallest absolute Gasteiger partial charge is 0.317 e. The zero-order chi connectivity index (χ0) is 16.1. The van der Waals surface area contributed by atoms with Crippen LogP contribution in [0.5, 0.6) is 0 Å². The fourth-order valence-electron chi connectivity index (χ4n) is 3.69. The summed E-state index contributed by atoms with van der Waals surface area (Å²) in [5.41, 5.74) is -0.593. The summed E-state index contributed by atoms with van der Waals surface area (Å²) in [5, 5.41) is 12.6. The van der Waals surface area contributed by atoms with Gasteiger partial charge in [0.1, 0.15) is 0 Å². The number of carbonyl (C=O) groups excluding carboxylic acids is 1. The Morgan fingerprint density at radius 1 is 1.24 bits per heavy atom. The summed E-state index contributed by atoms with van der Waals surface area (Å²) in [6.45, 7) is 11.5. The number of urea groups is 1. The molecular formula is C16H28N2O3. The van der Waals surface area contributed by atoms with Crippen molar-refractivity contribution in [2.75, 3.05) is 13.1 Å². The van der Waals surface area contributed by atoms with Gasteiger partial charge in [0.15, 0.2) is 0 Å². The molecule has 0 spiro atoms. The van der Waals surface area contributed by atoms with Crippen molar-refractivity contribution in [3.8, 4) is 0 Å². The van der Waals surface area contributed by atoms with E-state index in [1.54, 1.807) is 4.90 Å². The summed E-state index contributed by atoms with van der Waals surface area (Å²) in [5.74, 6) is -0.783. The average Bonchev–Trinajstić information content (AvgIpc) is 2.80. The van der Waals surface area contributed by atoms with Gasteiger partial charge in [-0.15, -0.1) is 0 Å². The number of carbonyl (C=O) groups is 2. The molecule has 1 saturated heterocycles. The second-order valence-electron chi connectivity index (χ2n) is 7.79. The van der Waals surface area contributed by atoms with Gasteiger partial charge in [0.2, 0.25) is 0 Å². The third-order valence-corrected chi connectivity index (χ3v) is 6.28. The van der Waals surface area contributed by atoms with Crippen molar-refractivity contribution in [2.45, 2.75) is 59.9 Å². The predicted octanol–water partition coefficient (Wildman–Crippen LogP) is 2.71. The van der Waals surface area contributed by atoms with Crippen LogP contribution in [0, 0.1) is 16.2 Å². The molecule has 5 nitrogen and oxygen atoms in total. The Morgan fingerprint density at radius 3 is 2.24 bits per heavy atom. The highest BCUT2D eigenvalue weighted by Crippen LogP contribution is 2.62. The average molecular weight is 296 g/mol. The Bertz CT molecular complexity index is 444. The van der Waals surface area contributed by atoms with Crippen LogP contribution in [0.4, 0.5) is 4.79 Å². The Morgan fingerprint density at radius 2 is 1.81 bits per heavy atom. The predicted molar refractivity (Wildman–Crippen MR) is 81.0 cm³/mol. The molecule has 0 radical (unpaired) electrons. The second-order valence-corrected chi connectivity index (χ2v) is 7.79. The lowest BCUT2D eigenvalue weighted by Crippen LogP contribution is -2.53. The number of likely N-dealkylation sites (tertiary alicyclic amines) is 1. The van der Waals surface area contributed by atoms with E-state index in [1.807, 2.05) is 6.92 Å². The van der Waals surface area contributed by atoms with Gasteiger partial charge in [-0.25, -0.2) is 4.79 Å². The Hall–Kier alpha value is -1.26. The molecule has 1 aliphatic heterocycles. The minimum atomic E-state index is -0.783. The molecule has 1 saturated carbocycles. The molecule has 0 aromatic rings. The maximum absolute atomic E-state index is 12.5. The quantitative estimate of drug-likeness (QED) is 0.841. The molecule has 0 bridgehead atoms. The topological polar surface area (TPSA) is 69.6 Å². The van der Waals surface area contributed by atoms with Gasteiger partial charge >= 0.3 is 12.0 Å². The number of nitrogens with one attached hydrogen (secondary N) is 1. The van der Waals surface area contributed by atoms with Crippen LogP contribution in [0.15, 0.2) is 0 Å². The first kappa shape index (κ1) is 16.1. The largest absolute Gasteiger partial charge is 0.481 e. The number of nitrogens with zero attached hydrogens (tertiary/aromatic N) is 1. The van der Waals surface area contributed by atoms with E-state index in [0.717, 1.165) is 6.42 Å². The molecule has 2 fully saturated rings. The van der Waals surface area contributed by atoms with Crippen molar-refractivity contribution in [1.29, 1.82) is 0 Å². The Labute approximate surface area is 127 Å². The van der Waals surface area contributed by atoms with Gasteiger partial charge in [0, 0.05) is 19.1 Å². The Balaban J connectivity index is 2.02. The maximum Gasteiger partial charge on any atom is 0.317 e. The lowest BCUT2D eigenvalue weighted by molar-refractivity contribution is -0.152. The molecule has 1 atom stereocenters. The number of hydrogen-bond acceptors (Lipinski definition) is 2. The zero-order valence-electron chi connectivity index (χ0n) is 13.8. The van der Waals surface area contributed by atoms with E-state index in [2.05, 4.69) is 33.0 Å². The molecule has 1 heterocycles. The van der Waals surface area contributed by atoms with Crippen LogP contribution in [0.1, 0.15) is 53.9 Å². The van der Waals surface area contributed by atoms with E-state index in [4.69, 9.17) is 0 Å². The van der Waals surface area contributed by atoms with Gasteiger partial charge in [0.05, 0.1) is 5.41 Å². The minimum absolute atomic E-state index is 0.0904. The SMILES string of the molecule is CCC1(C(=O)O)CCCN(C(=O)NC2C(C)(C)C2(C)C)C1. The monoisotopic (exact) mass is 296 g/mol. The van der Waals surface area contributed by atoms with Crippen molar-refractivity contribution >= 4 is 12.0 Å².